The number of nitrogens with zero attached hydrogens (tertiary/aromatic N) is 1. The summed E-state index contributed by atoms with van der Waals surface area (Å²) in [6.45, 7) is 3.41. The Bertz CT molecular complexity index is 274. The standard InChI is InChI=1S/C10H16N2O3/c1-7-10(14)15-6-9(13)12(7)8-3-2-4-11-5-8/h7-8,11H,2-6H2,1H3. The van der Waals surface area contributed by atoms with E-state index in [0.29, 0.717) is 0 Å². The van der Waals surface area contributed by atoms with E-state index in [4.69, 9.17) is 4.74 Å². The summed E-state index contributed by atoms with van der Waals surface area (Å²) >= 11 is 0. The van der Waals surface area contributed by atoms with Crippen LogP contribution in [0.5, 0.6) is 0 Å². The van der Waals surface area contributed by atoms with Crippen LogP contribution in [0.25, 0.3) is 0 Å². The number of rotatable bonds is 1. The maximum Gasteiger partial charge on any atom is 0.329 e. The number of carbonyl (C=O) groups is 2. The lowest BCUT2D eigenvalue weighted by molar-refractivity contribution is -0.170. The molecule has 2 aliphatic heterocycles. The van der Waals surface area contributed by atoms with Crippen molar-refractivity contribution in [2.24, 2.45) is 0 Å². The van der Waals surface area contributed by atoms with Crippen molar-refractivity contribution in [3.63, 3.8) is 0 Å². The molecule has 2 heterocycles. The van der Waals surface area contributed by atoms with E-state index in [1.54, 1.807) is 11.8 Å². The molecule has 5 heteroatoms. The Balaban J connectivity index is 2.09. The molecule has 0 saturated carbocycles. The van der Waals surface area contributed by atoms with E-state index in [9.17, 15) is 9.59 Å². The number of hydrogen-bond donors (Lipinski definition) is 1. The third-order valence-corrected chi connectivity index (χ3v) is 3.05. The Hall–Kier alpha value is -1.10. The molecule has 2 aliphatic rings. The van der Waals surface area contributed by atoms with Crippen LogP contribution in [0.1, 0.15) is 19.8 Å². The van der Waals surface area contributed by atoms with Crippen LogP contribution in [0, 0.1) is 0 Å². The van der Waals surface area contributed by atoms with Crippen molar-refractivity contribution >= 4 is 11.9 Å². The second-order valence-corrected chi connectivity index (χ2v) is 4.08. The molecule has 0 radical (unpaired) electrons. The van der Waals surface area contributed by atoms with Crippen LogP contribution >= 0.6 is 0 Å². The minimum absolute atomic E-state index is 0.0733. The zero-order chi connectivity index (χ0) is 10.8. The first-order valence-corrected chi connectivity index (χ1v) is 5.38. The smallest absolute Gasteiger partial charge is 0.329 e. The Kier molecular flexibility index (Phi) is 2.90. The lowest BCUT2D eigenvalue weighted by Gasteiger charge is -2.40. The van der Waals surface area contributed by atoms with Gasteiger partial charge in [-0.2, -0.15) is 0 Å². The van der Waals surface area contributed by atoms with Crippen molar-refractivity contribution in [3.8, 4) is 0 Å². The number of cyclic esters (lactones) is 1. The van der Waals surface area contributed by atoms with E-state index < -0.39 is 6.04 Å². The first kappa shape index (κ1) is 10.4. The molecule has 1 N–H and O–H groups in total. The molecule has 1 amide bonds. The maximum atomic E-state index is 11.7. The van der Waals surface area contributed by atoms with Gasteiger partial charge in [-0.25, -0.2) is 4.79 Å². The summed E-state index contributed by atoms with van der Waals surface area (Å²) in [5.74, 6) is -0.365. The average molecular weight is 212 g/mol. The van der Waals surface area contributed by atoms with E-state index in [2.05, 4.69) is 5.32 Å². The van der Waals surface area contributed by atoms with E-state index in [1.807, 2.05) is 0 Å². The number of amides is 1. The van der Waals surface area contributed by atoms with Crippen molar-refractivity contribution in [1.29, 1.82) is 0 Å². The van der Waals surface area contributed by atoms with Crippen LogP contribution in [0.3, 0.4) is 0 Å². The molecule has 15 heavy (non-hydrogen) atoms. The first-order chi connectivity index (χ1) is 7.20. The van der Waals surface area contributed by atoms with Gasteiger partial charge in [-0.3, -0.25) is 4.79 Å². The van der Waals surface area contributed by atoms with Gasteiger partial charge >= 0.3 is 5.97 Å². The molecule has 2 saturated heterocycles. The van der Waals surface area contributed by atoms with Gasteiger partial charge in [-0.05, 0) is 26.3 Å². The fraction of sp³-hybridized carbons (Fsp3) is 0.800. The normalized spacial score (nSPS) is 32.7. The number of ether oxygens (including phenoxy) is 1. The Morgan fingerprint density at radius 1 is 1.47 bits per heavy atom. The van der Waals surface area contributed by atoms with E-state index >= 15 is 0 Å². The van der Waals surface area contributed by atoms with Crippen LogP contribution in [0.2, 0.25) is 0 Å². The zero-order valence-corrected chi connectivity index (χ0v) is 8.86. The number of carbonyl (C=O) groups excluding carboxylic acids is 2. The highest BCUT2D eigenvalue weighted by Crippen LogP contribution is 2.18. The fourth-order valence-electron chi connectivity index (χ4n) is 2.25. The second-order valence-electron chi connectivity index (χ2n) is 4.08. The van der Waals surface area contributed by atoms with E-state index in [0.717, 1.165) is 25.9 Å². The van der Waals surface area contributed by atoms with Gasteiger partial charge in [0.25, 0.3) is 5.91 Å². The minimum Gasteiger partial charge on any atom is -0.454 e. The highest BCUT2D eigenvalue weighted by atomic mass is 16.5. The third-order valence-electron chi connectivity index (χ3n) is 3.05. The monoisotopic (exact) mass is 212 g/mol. The summed E-state index contributed by atoms with van der Waals surface area (Å²) in [4.78, 5) is 24.7. The van der Waals surface area contributed by atoms with Crippen molar-refractivity contribution < 1.29 is 14.3 Å². The molecular weight excluding hydrogens is 196 g/mol. The summed E-state index contributed by atoms with van der Waals surface area (Å²) < 4.78 is 4.77. The van der Waals surface area contributed by atoms with Crippen LogP contribution in [-0.4, -0.2) is 48.6 Å². The topological polar surface area (TPSA) is 58.6 Å². The largest absolute Gasteiger partial charge is 0.454 e. The Morgan fingerprint density at radius 2 is 2.27 bits per heavy atom. The third kappa shape index (κ3) is 1.97. The van der Waals surface area contributed by atoms with Gasteiger partial charge in [0.2, 0.25) is 0 Å². The summed E-state index contributed by atoms with van der Waals surface area (Å²) in [5, 5.41) is 3.24. The summed E-state index contributed by atoms with van der Waals surface area (Å²) in [6.07, 6.45) is 2.02. The molecule has 2 atom stereocenters. The molecule has 84 valence electrons. The fourth-order valence-corrected chi connectivity index (χ4v) is 2.25. The quantitative estimate of drug-likeness (QED) is 0.596. The number of nitrogens with one attached hydrogen (secondary N) is 1. The molecular formula is C10H16N2O3. The summed E-state index contributed by atoms with van der Waals surface area (Å²) in [7, 11) is 0. The second kappa shape index (κ2) is 4.18. The SMILES string of the molecule is CC1C(=O)OCC(=O)N1C1CCCNC1. The van der Waals surface area contributed by atoms with Gasteiger partial charge < -0.3 is 15.0 Å². The van der Waals surface area contributed by atoms with E-state index in [-0.39, 0.29) is 24.5 Å². The van der Waals surface area contributed by atoms with Gasteiger partial charge in [-0.1, -0.05) is 0 Å². The van der Waals surface area contributed by atoms with Crippen molar-refractivity contribution in [2.45, 2.75) is 31.8 Å². The van der Waals surface area contributed by atoms with E-state index in [1.165, 1.54) is 0 Å². The minimum atomic E-state index is -0.434. The molecule has 0 aliphatic carbocycles. The van der Waals surface area contributed by atoms with Crippen molar-refractivity contribution in [3.05, 3.63) is 0 Å². The van der Waals surface area contributed by atoms with Gasteiger partial charge in [0.05, 0.1) is 0 Å². The summed E-state index contributed by atoms with van der Waals surface area (Å²) in [6, 6.07) is -0.287. The Morgan fingerprint density at radius 3 is 2.93 bits per heavy atom. The van der Waals surface area contributed by atoms with Gasteiger partial charge in [-0.15, -0.1) is 0 Å². The van der Waals surface area contributed by atoms with Gasteiger partial charge in [0, 0.05) is 12.6 Å². The number of hydrogen-bond acceptors (Lipinski definition) is 4. The zero-order valence-electron chi connectivity index (χ0n) is 8.86. The molecule has 0 aromatic rings. The maximum absolute atomic E-state index is 11.7. The van der Waals surface area contributed by atoms with Crippen LogP contribution < -0.4 is 5.32 Å². The number of morpholine rings is 1. The highest BCUT2D eigenvalue weighted by molar-refractivity contribution is 5.90. The molecule has 2 rings (SSSR count). The van der Waals surface area contributed by atoms with Crippen LogP contribution in [0.15, 0.2) is 0 Å². The lowest BCUT2D eigenvalue weighted by Crippen LogP contribution is -2.58. The molecule has 2 fully saturated rings. The molecule has 5 nitrogen and oxygen atoms in total. The summed E-state index contributed by atoms with van der Waals surface area (Å²) in [5.41, 5.74) is 0. The van der Waals surface area contributed by atoms with Crippen molar-refractivity contribution in [2.75, 3.05) is 19.7 Å². The molecule has 0 aromatic carbocycles. The highest BCUT2D eigenvalue weighted by Gasteiger charge is 2.37. The molecule has 0 bridgehead atoms. The first-order valence-electron chi connectivity index (χ1n) is 5.38. The van der Waals surface area contributed by atoms with Crippen LogP contribution in [-0.2, 0) is 14.3 Å². The van der Waals surface area contributed by atoms with Gasteiger partial charge in [0.15, 0.2) is 6.61 Å². The lowest BCUT2D eigenvalue weighted by atomic mass is 10.0. The number of piperidine rings is 1. The predicted octanol–water partition coefficient (Wildman–Crippen LogP) is -0.488. The van der Waals surface area contributed by atoms with Crippen molar-refractivity contribution in [1.82, 2.24) is 10.2 Å². The molecule has 0 aromatic heterocycles. The molecule has 2 unspecified atom stereocenters. The number of esters is 1. The Labute approximate surface area is 88.8 Å². The van der Waals surface area contributed by atoms with Crippen LogP contribution in [0.4, 0.5) is 0 Å². The van der Waals surface area contributed by atoms with Gasteiger partial charge in [0.1, 0.15) is 6.04 Å². The molecule has 0 spiro atoms. The predicted molar refractivity (Wildman–Crippen MR) is 53.2 cm³/mol. The average Bonchev–Trinajstić information content (AvgIpc) is 2.26.